The van der Waals surface area contributed by atoms with Crippen LogP contribution in [0.1, 0.15) is 58.9 Å². The number of ether oxygens (including phenoxy) is 1. The van der Waals surface area contributed by atoms with Gasteiger partial charge < -0.3 is 10.1 Å². The molecule has 3 heteroatoms. The van der Waals surface area contributed by atoms with E-state index in [0.717, 1.165) is 18.6 Å². The molecule has 0 bridgehead atoms. The van der Waals surface area contributed by atoms with Crippen LogP contribution in [0.2, 0.25) is 0 Å². The number of methoxy groups -OCH3 is 1. The van der Waals surface area contributed by atoms with E-state index in [-0.39, 0.29) is 22.8 Å². The van der Waals surface area contributed by atoms with Gasteiger partial charge in [0.1, 0.15) is 5.75 Å². The number of hydrogen-bond acceptors (Lipinski definition) is 2. The fourth-order valence-electron chi connectivity index (χ4n) is 3.50. The maximum Gasteiger partial charge on any atom is 0.224 e. The summed E-state index contributed by atoms with van der Waals surface area (Å²) in [7, 11) is 1.67. The molecule has 1 aliphatic rings. The zero-order chi connectivity index (χ0) is 16.5. The lowest BCUT2D eigenvalue weighted by Gasteiger charge is -2.33. The van der Waals surface area contributed by atoms with Crippen LogP contribution < -0.4 is 10.1 Å². The molecular formula is C19H29NO2. The lowest BCUT2D eigenvalue weighted by molar-refractivity contribution is -0.124. The van der Waals surface area contributed by atoms with Crippen molar-refractivity contribution in [3.63, 3.8) is 0 Å². The van der Waals surface area contributed by atoms with Crippen LogP contribution >= 0.6 is 0 Å². The lowest BCUT2D eigenvalue weighted by Crippen LogP contribution is -2.46. The van der Waals surface area contributed by atoms with Crippen molar-refractivity contribution in [1.29, 1.82) is 0 Å². The summed E-state index contributed by atoms with van der Waals surface area (Å²) in [6.45, 7) is 10.8. The van der Waals surface area contributed by atoms with E-state index in [1.807, 2.05) is 12.1 Å². The Kier molecular flexibility index (Phi) is 4.55. The van der Waals surface area contributed by atoms with Crippen molar-refractivity contribution in [2.45, 2.75) is 58.9 Å². The van der Waals surface area contributed by atoms with Crippen LogP contribution in [0.3, 0.4) is 0 Å². The highest BCUT2D eigenvalue weighted by Gasteiger charge is 2.45. The number of rotatable bonds is 5. The van der Waals surface area contributed by atoms with Gasteiger partial charge in [-0.25, -0.2) is 0 Å². The van der Waals surface area contributed by atoms with E-state index in [9.17, 15) is 4.79 Å². The molecule has 1 fully saturated rings. The highest BCUT2D eigenvalue weighted by atomic mass is 16.5. The minimum atomic E-state index is -0.164. The SMILES string of the molecule is COc1ccc(C2CC2C(=O)NC(C)(C)CC(C)(C)C)cc1. The Balaban J connectivity index is 1.92. The summed E-state index contributed by atoms with van der Waals surface area (Å²) in [5.74, 6) is 1.52. The van der Waals surface area contributed by atoms with Gasteiger partial charge in [0.25, 0.3) is 0 Å². The van der Waals surface area contributed by atoms with Gasteiger partial charge >= 0.3 is 0 Å². The Morgan fingerprint density at radius 3 is 2.27 bits per heavy atom. The van der Waals surface area contributed by atoms with Crippen molar-refractivity contribution in [2.75, 3.05) is 7.11 Å². The van der Waals surface area contributed by atoms with E-state index in [0.29, 0.717) is 5.92 Å². The van der Waals surface area contributed by atoms with Crippen LogP contribution in [0.5, 0.6) is 5.75 Å². The second-order valence-electron chi connectivity index (χ2n) is 8.33. The average molecular weight is 303 g/mol. The van der Waals surface area contributed by atoms with E-state index >= 15 is 0 Å². The molecule has 0 radical (unpaired) electrons. The number of benzene rings is 1. The smallest absolute Gasteiger partial charge is 0.224 e. The molecule has 0 saturated heterocycles. The average Bonchev–Trinajstić information content (AvgIpc) is 3.15. The van der Waals surface area contributed by atoms with Crippen LogP contribution in [-0.4, -0.2) is 18.6 Å². The first-order chi connectivity index (χ1) is 10.1. The Labute approximate surface area is 134 Å². The molecule has 0 heterocycles. The molecule has 22 heavy (non-hydrogen) atoms. The van der Waals surface area contributed by atoms with Crippen LogP contribution in [0.25, 0.3) is 0 Å². The van der Waals surface area contributed by atoms with Crippen molar-refractivity contribution < 1.29 is 9.53 Å². The summed E-state index contributed by atoms with van der Waals surface area (Å²) in [5, 5.41) is 3.23. The van der Waals surface area contributed by atoms with Gasteiger partial charge in [-0.3, -0.25) is 4.79 Å². The molecule has 1 saturated carbocycles. The van der Waals surface area contributed by atoms with E-state index < -0.39 is 0 Å². The molecule has 2 rings (SSSR count). The summed E-state index contributed by atoms with van der Waals surface area (Å²) in [6.07, 6.45) is 1.91. The zero-order valence-electron chi connectivity index (χ0n) is 14.7. The van der Waals surface area contributed by atoms with Crippen LogP contribution in [-0.2, 0) is 4.79 Å². The second-order valence-corrected chi connectivity index (χ2v) is 8.33. The molecule has 2 atom stereocenters. The van der Waals surface area contributed by atoms with E-state index in [1.54, 1.807) is 7.11 Å². The van der Waals surface area contributed by atoms with Gasteiger partial charge in [0, 0.05) is 11.5 Å². The zero-order valence-corrected chi connectivity index (χ0v) is 14.7. The minimum absolute atomic E-state index is 0.118. The molecule has 0 aliphatic heterocycles. The first kappa shape index (κ1) is 16.9. The molecule has 1 N–H and O–H groups in total. The van der Waals surface area contributed by atoms with Crippen LogP contribution in [0.4, 0.5) is 0 Å². The maximum atomic E-state index is 12.5. The summed E-state index contributed by atoms with van der Waals surface area (Å²) < 4.78 is 5.18. The Morgan fingerprint density at radius 1 is 1.18 bits per heavy atom. The largest absolute Gasteiger partial charge is 0.497 e. The summed E-state index contributed by atoms with van der Waals surface area (Å²) >= 11 is 0. The molecule has 1 amide bonds. The van der Waals surface area contributed by atoms with Crippen molar-refractivity contribution >= 4 is 5.91 Å². The third-order valence-electron chi connectivity index (χ3n) is 4.11. The fraction of sp³-hybridized carbons (Fsp3) is 0.632. The van der Waals surface area contributed by atoms with Crippen molar-refractivity contribution in [3.05, 3.63) is 29.8 Å². The second kappa shape index (κ2) is 5.94. The van der Waals surface area contributed by atoms with Crippen molar-refractivity contribution in [1.82, 2.24) is 5.32 Å². The van der Waals surface area contributed by atoms with Gasteiger partial charge in [-0.15, -0.1) is 0 Å². The van der Waals surface area contributed by atoms with Crippen molar-refractivity contribution in [3.8, 4) is 5.75 Å². The number of carbonyl (C=O) groups is 1. The summed E-state index contributed by atoms with van der Waals surface area (Å²) in [4.78, 5) is 12.5. The third-order valence-corrected chi connectivity index (χ3v) is 4.11. The molecule has 0 spiro atoms. The van der Waals surface area contributed by atoms with Gasteiger partial charge in [-0.1, -0.05) is 32.9 Å². The Bertz CT molecular complexity index is 525. The number of hydrogen-bond donors (Lipinski definition) is 1. The monoisotopic (exact) mass is 303 g/mol. The fourth-order valence-corrected chi connectivity index (χ4v) is 3.50. The van der Waals surface area contributed by atoms with Gasteiger partial charge in [0.15, 0.2) is 0 Å². The van der Waals surface area contributed by atoms with Gasteiger partial charge in [-0.05, 0) is 55.7 Å². The Morgan fingerprint density at radius 2 is 1.77 bits per heavy atom. The maximum absolute atomic E-state index is 12.5. The molecule has 2 unspecified atom stereocenters. The molecular weight excluding hydrogens is 274 g/mol. The molecule has 1 aliphatic carbocycles. The van der Waals surface area contributed by atoms with Gasteiger partial charge in [0.05, 0.1) is 7.11 Å². The normalized spacial score (nSPS) is 21.4. The minimum Gasteiger partial charge on any atom is -0.497 e. The molecule has 1 aromatic rings. The molecule has 0 aromatic heterocycles. The van der Waals surface area contributed by atoms with Crippen molar-refractivity contribution in [2.24, 2.45) is 11.3 Å². The molecule has 1 aromatic carbocycles. The summed E-state index contributed by atoms with van der Waals surface area (Å²) in [6, 6.07) is 8.06. The number of carbonyl (C=O) groups excluding carboxylic acids is 1. The topological polar surface area (TPSA) is 38.3 Å². The van der Waals surface area contributed by atoms with E-state index in [1.165, 1.54) is 5.56 Å². The first-order valence-electron chi connectivity index (χ1n) is 8.07. The highest BCUT2D eigenvalue weighted by molar-refractivity contribution is 5.83. The van der Waals surface area contributed by atoms with Gasteiger partial charge in [0.2, 0.25) is 5.91 Å². The van der Waals surface area contributed by atoms with Gasteiger partial charge in [-0.2, -0.15) is 0 Å². The predicted molar refractivity (Wildman–Crippen MR) is 90.1 cm³/mol. The standard InChI is InChI=1S/C19H29NO2/c1-18(2,3)12-19(4,5)20-17(21)16-11-15(16)13-7-9-14(22-6)10-8-13/h7-10,15-16H,11-12H2,1-6H3,(H,20,21). The van der Waals surface area contributed by atoms with E-state index in [4.69, 9.17) is 4.74 Å². The quantitative estimate of drug-likeness (QED) is 0.888. The van der Waals surface area contributed by atoms with Crippen LogP contribution in [0, 0.1) is 11.3 Å². The molecule has 122 valence electrons. The molecule has 3 nitrogen and oxygen atoms in total. The first-order valence-corrected chi connectivity index (χ1v) is 8.07. The third kappa shape index (κ3) is 4.49. The predicted octanol–water partition coefficient (Wildman–Crippen LogP) is 4.13. The Hall–Kier alpha value is -1.51. The lowest BCUT2D eigenvalue weighted by atomic mass is 9.81. The number of amides is 1. The van der Waals surface area contributed by atoms with Crippen LogP contribution in [0.15, 0.2) is 24.3 Å². The highest BCUT2D eigenvalue weighted by Crippen LogP contribution is 2.48. The van der Waals surface area contributed by atoms with E-state index in [2.05, 4.69) is 52.1 Å². The number of nitrogens with one attached hydrogen (secondary N) is 1. The summed E-state index contributed by atoms with van der Waals surface area (Å²) in [5.41, 5.74) is 1.27.